The molecule has 5 nitrogen and oxygen atoms in total. The summed E-state index contributed by atoms with van der Waals surface area (Å²) in [4.78, 5) is 25.6. The molecule has 0 aromatic heterocycles. The zero-order valence-corrected chi connectivity index (χ0v) is 45.9. The molecule has 0 aromatic carbocycles. The van der Waals surface area contributed by atoms with Crippen LogP contribution in [0.4, 0.5) is 0 Å². The Morgan fingerprint density at radius 2 is 0.662 bits per heavy atom. The van der Waals surface area contributed by atoms with Crippen molar-refractivity contribution in [2.24, 2.45) is 0 Å². The van der Waals surface area contributed by atoms with Gasteiger partial charge in [-0.15, -0.1) is 0 Å². The maximum Gasteiger partial charge on any atom is 0.306 e. The van der Waals surface area contributed by atoms with E-state index in [4.69, 9.17) is 14.2 Å². The number of carbonyl (C=O) groups excluding carboxylic acids is 2. The van der Waals surface area contributed by atoms with Crippen LogP contribution in [0.1, 0.15) is 316 Å². The molecule has 0 bridgehead atoms. The summed E-state index contributed by atoms with van der Waals surface area (Å²) in [5, 5.41) is 0. The molecule has 0 aliphatic carbocycles. The molecule has 1 unspecified atom stereocenters. The summed E-state index contributed by atoms with van der Waals surface area (Å²) in [5.74, 6) is -0.388. The Bertz CT molecular complexity index is 1120. The first-order valence-corrected chi connectivity index (χ1v) is 30.2. The molecule has 0 spiro atoms. The van der Waals surface area contributed by atoms with Gasteiger partial charge in [0.15, 0.2) is 6.10 Å². The van der Waals surface area contributed by atoms with Crippen LogP contribution in [0.25, 0.3) is 0 Å². The van der Waals surface area contributed by atoms with E-state index < -0.39 is 6.10 Å². The molecule has 0 aromatic rings. The van der Waals surface area contributed by atoms with E-state index in [0.717, 1.165) is 57.8 Å². The lowest BCUT2D eigenvalue weighted by Gasteiger charge is -2.18. The highest BCUT2D eigenvalue weighted by Crippen LogP contribution is 2.17. The van der Waals surface area contributed by atoms with E-state index in [2.05, 4.69) is 69.4 Å². The molecule has 5 heteroatoms. The number of rotatable bonds is 56. The molecule has 68 heavy (non-hydrogen) atoms. The number of hydrogen-bond donors (Lipinski definition) is 0. The van der Waals surface area contributed by atoms with Gasteiger partial charge in [0.05, 0.1) is 6.61 Å². The summed E-state index contributed by atoms with van der Waals surface area (Å²) >= 11 is 0. The summed E-state index contributed by atoms with van der Waals surface area (Å²) in [7, 11) is 0. The number of unbranched alkanes of at least 4 members (excludes halogenated alkanes) is 37. The topological polar surface area (TPSA) is 61.8 Å². The molecule has 0 saturated carbocycles. The quantitative estimate of drug-likeness (QED) is 0.0345. The summed E-state index contributed by atoms with van der Waals surface area (Å²) in [5.41, 5.74) is 0. The predicted molar refractivity (Wildman–Crippen MR) is 298 cm³/mol. The third-order valence-corrected chi connectivity index (χ3v) is 13.3. The Morgan fingerprint density at radius 3 is 1.07 bits per heavy atom. The number of ether oxygens (including phenoxy) is 3. The van der Waals surface area contributed by atoms with Gasteiger partial charge >= 0.3 is 11.9 Å². The first-order chi connectivity index (χ1) is 33.6. The van der Waals surface area contributed by atoms with Crippen LogP contribution in [0.2, 0.25) is 0 Å². The fourth-order valence-corrected chi connectivity index (χ4v) is 8.88. The molecule has 0 aliphatic heterocycles. The first kappa shape index (κ1) is 65.9. The zero-order chi connectivity index (χ0) is 49.2. The van der Waals surface area contributed by atoms with Gasteiger partial charge in [-0.3, -0.25) is 9.59 Å². The monoisotopic (exact) mass is 953 g/mol. The largest absolute Gasteiger partial charge is 0.462 e. The van der Waals surface area contributed by atoms with Gasteiger partial charge in [0.25, 0.3) is 0 Å². The smallest absolute Gasteiger partial charge is 0.306 e. The predicted octanol–water partition coefficient (Wildman–Crippen LogP) is 20.7. The van der Waals surface area contributed by atoms with Crippen molar-refractivity contribution in [3.8, 4) is 0 Å². The van der Waals surface area contributed by atoms with Gasteiger partial charge < -0.3 is 14.2 Å². The molecule has 0 fully saturated rings. The highest BCUT2D eigenvalue weighted by Gasteiger charge is 2.17. The second-order valence-electron chi connectivity index (χ2n) is 20.2. The van der Waals surface area contributed by atoms with Gasteiger partial charge in [0.2, 0.25) is 0 Å². The van der Waals surface area contributed by atoms with Gasteiger partial charge in [-0.05, 0) is 77.0 Å². The van der Waals surface area contributed by atoms with Crippen LogP contribution < -0.4 is 0 Å². The minimum Gasteiger partial charge on any atom is -0.462 e. The molecule has 1 atom stereocenters. The lowest BCUT2D eigenvalue weighted by atomic mass is 10.0. The maximum absolute atomic E-state index is 12.9. The molecule has 0 radical (unpaired) electrons. The fourth-order valence-electron chi connectivity index (χ4n) is 8.88. The minimum absolute atomic E-state index is 0.0841. The van der Waals surface area contributed by atoms with Crippen LogP contribution in [0.15, 0.2) is 48.6 Å². The first-order valence-electron chi connectivity index (χ1n) is 30.2. The highest BCUT2D eigenvalue weighted by atomic mass is 16.6. The molecular formula is C63H116O5. The lowest BCUT2D eigenvalue weighted by molar-refractivity contribution is -0.163. The highest BCUT2D eigenvalue weighted by molar-refractivity contribution is 5.70. The number of esters is 2. The van der Waals surface area contributed by atoms with Gasteiger partial charge in [-0.2, -0.15) is 0 Å². The average Bonchev–Trinajstić information content (AvgIpc) is 3.34. The number of carbonyl (C=O) groups is 2. The lowest BCUT2D eigenvalue weighted by Crippen LogP contribution is -2.30. The minimum atomic E-state index is -0.540. The number of allylic oxidation sites excluding steroid dienone is 8. The van der Waals surface area contributed by atoms with Crippen molar-refractivity contribution in [1.29, 1.82) is 0 Å². The van der Waals surface area contributed by atoms with E-state index in [1.54, 1.807) is 0 Å². The molecule has 0 aliphatic rings. The van der Waals surface area contributed by atoms with Crippen LogP contribution in [-0.4, -0.2) is 37.9 Å². The third-order valence-electron chi connectivity index (χ3n) is 13.3. The van der Waals surface area contributed by atoms with Crippen molar-refractivity contribution in [2.75, 3.05) is 19.8 Å². The van der Waals surface area contributed by atoms with Crippen molar-refractivity contribution >= 4 is 11.9 Å². The Kier molecular flexibility index (Phi) is 57.3. The van der Waals surface area contributed by atoms with E-state index in [9.17, 15) is 9.59 Å². The second kappa shape index (κ2) is 59.2. The maximum atomic E-state index is 12.9. The van der Waals surface area contributed by atoms with Crippen molar-refractivity contribution in [1.82, 2.24) is 0 Å². The normalized spacial score (nSPS) is 12.5. The van der Waals surface area contributed by atoms with Gasteiger partial charge in [0.1, 0.15) is 6.61 Å². The summed E-state index contributed by atoms with van der Waals surface area (Å²) < 4.78 is 17.5. The zero-order valence-electron chi connectivity index (χ0n) is 45.9. The van der Waals surface area contributed by atoms with E-state index in [1.165, 1.54) is 225 Å². The molecule has 0 saturated heterocycles. The average molecular weight is 954 g/mol. The van der Waals surface area contributed by atoms with Crippen LogP contribution in [0.3, 0.4) is 0 Å². The van der Waals surface area contributed by atoms with E-state index in [0.29, 0.717) is 19.4 Å². The summed E-state index contributed by atoms with van der Waals surface area (Å²) in [6, 6.07) is 0. The van der Waals surface area contributed by atoms with Crippen molar-refractivity contribution < 1.29 is 23.8 Å². The Morgan fingerprint density at radius 1 is 0.338 bits per heavy atom. The van der Waals surface area contributed by atoms with Crippen LogP contribution in [0.5, 0.6) is 0 Å². The second-order valence-corrected chi connectivity index (χ2v) is 20.2. The van der Waals surface area contributed by atoms with Gasteiger partial charge in [-0.25, -0.2) is 0 Å². The van der Waals surface area contributed by atoms with Crippen molar-refractivity contribution in [3.63, 3.8) is 0 Å². The molecular weight excluding hydrogens is 837 g/mol. The third kappa shape index (κ3) is 56.4. The Labute approximate surface area is 424 Å². The van der Waals surface area contributed by atoms with E-state index >= 15 is 0 Å². The Hall–Kier alpha value is -2.14. The molecule has 0 N–H and O–H groups in total. The fraction of sp³-hybridized carbons (Fsp3) is 0.841. The van der Waals surface area contributed by atoms with Crippen molar-refractivity contribution in [2.45, 2.75) is 322 Å². The summed E-state index contributed by atoms with van der Waals surface area (Å²) in [6.07, 6.45) is 74.2. The van der Waals surface area contributed by atoms with Crippen LogP contribution in [-0.2, 0) is 23.8 Å². The van der Waals surface area contributed by atoms with Crippen molar-refractivity contribution in [3.05, 3.63) is 48.6 Å². The summed E-state index contributed by atoms with van der Waals surface area (Å²) in [6.45, 7) is 7.76. The van der Waals surface area contributed by atoms with Gasteiger partial charge in [0, 0.05) is 19.4 Å². The van der Waals surface area contributed by atoms with Crippen LogP contribution in [0, 0.1) is 0 Å². The molecule has 0 heterocycles. The van der Waals surface area contributed by atoms with Gasteiger partial charge in [-0.1, -0.05) is 275 Å². The molecule has 0 rings (SSSR count). The molecule has 0 amide bonds. The van der Waals surface area contributed by atoms with E-state index in [-0.39, 0.29) is 25.2 Å². The van der Waals surface area contributed by atoms with Crippen LogP contribution >= 0.6 is 0 Å². The van der Waals surface area contributed by atoms with E-state index in [1.807, 2.05) is 0 Å². The standard InChI is InChI=1S/C63H116O5/c1-4-7-10-13-16-19-22-25-28-31-34-37-40-43-46-49-52-55-58-66-59-61(68-63(65)57-54-51-48-45-42-39-36-33-30-27-24-21-18-15-12-9-6-3)60-67-62(64)56-53-50-47-44-41-38-35-32-29-26-23-20-17-14-11-8-5-2/h7,10,16,19,25-26,28-29,61H,4-6,8-9,11-15,17-18,20-24,27,30-60H2,1-3H3/b10-7-,19-16-,28-25-,29-26-. The molecule has 398 valence electrons. The SMILES string of the molecule is CC/C=C\C/C=C\C/C=C\CCCCCCCCCCOCC(COC(=O)CCCCCCCCC/C=C\CCCCCCCC)OC(=O)CCCCCCCCCCCCCCCCCCC. The Balaban J connectivity index is 4.26. The number of hydrogen-bond acceptors (Lipinski definition) is 5.